The number of aromatic nitrogens is 4. The molecule has 1 saturated heterocycles. The average Bonchev–Trinajstić information content (AvgIpc) is 3.46. The zero-order chi connectivity index (χ0) is 20.5. The fraction of sp³-hybridized carbons (Fsp3) is 0.238. The topological polar surface area (TPSA) is 75.7 Å². The smallest absolute Gasteiger partial charge is 0.293 e. The van der Waals surface area contributed by atoms with E-state index >= 15 is 0 Å². The number of nitrogens with zero attached hydrogens (tertiary/aromatic N) is 6. The zero-order valence-electron chi connectivity index (χ0n) is 16.2. The Balaban J connectivity index is 1.29. The minimum atomic E-state index is -0.316. The first-order valence-corrected chi connectivity index (χ1v) is 10.6. The van der Waals surface area contributed by atoms with Crippen LogP contribution in [0.2, 0.25) is 0 Å². The van der Waals surface area contributed by atoms with Crippen molar-refractivity contribution in [2.75, 3.05) is 31.1 Å². The third-order valence-corrected chi connectivity index (χ3v) is 6.19. The van der Waals surface area contributed by atoms with Crippen LogP contribution in [-0.4, -0.2) is 56.4 Å². The van der Waals surface area contributed by atoms with Crippen LogP contribution in [0.4, 0.5) is 5.69 Å². The Morgan fingerprint density at radius 2 is 1.83 bits per heavy atom. The molecular weight excluding hydrogens is 400 g/mol. The first-order chi connectivity index (χ1) is 14.7. The molecule has 30 heavy (non-hydrogen) atoms. The minimum Gasteiger partial charge on any atom is -0.368 e. The summed E-state index contributed by atoms with van der Waals surface area (Å²) < 4.78 is 2.69. The van der Waals surface area contributed by atoms with Gasteiger partial charge in [-0.3, -0.25) is 9.59 Å². The molecule has 0 spiro atoms. The van der Waals surface area contributed by atoms with Crippen molar-refractivity contribution in [3.05, 3.63) is 70.6 Å². The monoisotopic (exact) mass is 420 g/mol. The van der Waals surface area contributed by atoms with Gasteiger partial charge in [-0.05, 0) is 29.6 Å². The van der Waals surface area contributed by atoms with Gasteiger partial charge in [0, 0.05) is 31.9 Å². The highest BCUT2D eigenvalue weighted by Crippen LogP contribution is 2.23. The van der Waals surface area contributed by atoms with Crippen LogP contribution >= 0.6 is 11.3 Å². The van der Waals surface area contributed by atoms with Crippen molar-refractivity contribution in [1.82, 2.24) is 24.3 Å². The molecule has 0 N–H and O–H groups in total. The lowest BCUT2D eigenvalue weighted by atomic mass is 10.2. The number of hydrogen-bond acceptors (Lipinski definition) is 6. The molecule has 0 bridgehead atoms. The van der Waals surface area contributed by atoms with E-state index < -0.39 is 0 Å². The summed E-state index contributed by atoms with van der Waals surface area (Å²) in [5.41, 5.74) is 1.99. The van der Waals surface area contributed by atoms with E-state index in [1.165, 1.54) is 15.5 Å². The average molecular weight is 420 g/mol. The molecule has 1 aromatic carbocycles. The lowest BCUT2D eigenvalue weighted by molar-refractivity contribution is -0.132. The van der Waals surface area contributed by atoms with Crippen molar-refractivity contribution < 1.29 is 4.79 Å². The lowest BCUT2D eigenvalue weighted by Crippen LogP contribution is -2.50. The fourth-order valence-electron chi connectivity index (χ4n) is 3.68. The highest BCUT2D eigenvalue weighted by molar-refractivity contribution is 7.13. The maximum Gasteiger partial charge on any atom is 0.293 e. The molecule has 8 nitrogen and oxygen atoms in total. The predicted molar refractivity (Wildman–Crippen MR) is 116 cm³/mol. The van der Waals surface area contributed by atoms with Gasteiger partial charge in [0.25, 0.3) is 5.56 Å². The van der Waals surface area contributed by atoms with E-state index in [4.69, 9.17) is 0 Å². The maximum atomic E-state index is 12.8. The number of hydrogen-bond donors (Lipinski definition) is 0. The molecule has 0 unspecified atom stereocenters. The third-order valence-electron chi connectivity index (χ3n) is 5.30. The minimum absolute atomic E-state index is 0.0693. The molecule has 1 aliphatic heterocycles. The number of carbonyl (C=O) groups is 1. The van der Waals surface area contributed by atoms with Crippen molar-refractivity contribution in [1.29, 1.82) is 0 Å². The third kappa shape index (κ3) is 3.48. The van der Waals surface area contributed by atoms with E-state index in [2.05, 4.69) is 27.2 Å². The van der Waals surface area contributed by atoms with Crippen LogP contribution in [0.25, 0.3) is 16.1 Å². The Morgan fingerprint density at radius 3 is 2.57 bits per heavy atom. The summed E-state index contributed by atoms with van der Waals surface area (Å²) in [6.45, 7) is 2.72. The van der Waals surface area contributed by atoms with Gasteiger partial charge in [0.2, 0.25) is 5.91 Å². The molecule has 0 saturated carbocycles. The van der Waals surface area contributed by atoms with Crippen molar-refractivity contribution in [3.63, 3.8) is 0 Å². The number of anilines is 1. The van der Waals surface area contributed by atoms with Crippen LogP contribution in [0.15, 0.2) is 65.0 Å². The Kier molecular flexibility index (Phi) is 4.80. The number of piperazine rings is 1. The van der Waals surface area contributed by atoms with E-state index in [0.717, 1.165) is 29.3 Å². The van der Waals surface area contributed by atoms with Crippen LogP contribution in [0.1, 0.15) is 0 Å². The number of rotatable bonds is 4. The van der Waals surface area contributed by atoms with Crippen LogP contribution in [0.3, 0.4) is 0 Å². The van der Waals surface area contributed by atoms with Gasteiger partial charge in [0.05, 0.1) is 4.88 Å². The molecule has 0 aliphatic carbocycles. The number of fused-ring (bicyclic) bond motifs is 1. The molecule has 3 aromatic heterocycles. The van der Waals surface area contributed by atoms with Crippen molar-refractivity contribution in [3.8, 4) is 10.6 Å². The molecule has 9 heteroatoms. The first-order valence-electron chi connectivity index (χ1n) is 9.76. The Labute approximate surface area is 176 Å². The first kappa shape index (κ1) is 18.6. The molecule has 0 atom stereocenters. The standard InChI is InChI=1S/C21H20N6O2S/c28-20(25-10-8-24(9-11-25)16-5-2-1-3-6-16)14-26-21(29)18-13-17(19-7-4-12-30-19)23-27(18)15-22-26/h1-7,12-13,15H,8-11,14H2. The van der Waals surface area contributed by atoms with Crippen LogP contribution in [-0.2, 0) is 11.3 Å². The second-order valence-electron chi connectivity index (χ2n) is 7.13. The Bertz CT molecular complexity index is 1220. The summed E-state index contributed by atoms with van der Waals surface area (Å²) >= 11 is 1.56. The Hall–Kier alpha value is -3.46. The van der Waals surface area contributed by atoms with Crippen LogP contribution < -0.4 is 10.5 Å². The normalized spacial score (nSPS) is 14.4. The molecule has 1 amide bonds. The molecule has 5 rings (SSSR count). The SMILES string of the molecule is O=C(Cn1ncn2nc(-c3cccs3)cc2c1=O)N1CCN(c2ccccc2)CC1. The number of thiophene rings is 1. The van der Waals surface area contributed by atoms with Gasteiger partial charge in [-0.15, -0.1) is 11.3 Å². The van der Waals surface area contributed by atoms with Gasteiger partial charge in [0.15, 0.2) is 0 Å². The second-order valence-corrected chi connectivity index (χ2v) is 8.08. The van der Waals surface area contributed by atoms with Gasteiger partial charge in [-0.1, -0.05) is 24.3 Å². The molecule has 1 fully saturated rings. The second kappa shape index (κ2) is 7.75. The number of para-hydroxylation sites is 1. The predicted octanol–water partition coefficient (Wildman–Crippen LogP) is 1.97. The van der Waals surface area contributed by atoms with Gasteiger partial charge < -0.3 is 9.80 Å². The van der Waals surface area contributed by atoms with Crippen LogP contribution in [0, 0.1) is 0 Å². The zero-order valence-corrected chi connectivity index (χ0v) is 17.0. The van der Waals surface area contributed by atoms with E-state index in [-0.39, 0.29) is 18.0 Å². The Morgan fingerprint density at radius 1 is 1.03 bits per heavy atom. The van der Waals surface area contributed by atoms with Gasteiger partial charge in [-0.2, -0.15) is 10.2 Å². The van der Waals surface area contributed by atoms with E-state index in [1.807, 2.05) is 35.7 Å². The summed E-state index contributed by atoms with van der Waals surface area (Å²) in [5, 5.41) is 10.5. The molecule has 4 heterocycles. The molecule has 0 radical (unpaired) electrons. The van der Waals surface area contributed by atoms with Crippen LogP contribution in [0.5, 0.6) is 0 Å². The van der Waals surface area contributed by atoms with E-state index in [0.29, 0.717) is 18.6 Å². The molecular formula is C21H20N6O2S. The number of benzene rings is 1. The molecule has 152 valence electrons. The number of carbonyl (C=O) groups excluding carboxylic acids is 1. The quantitative estimate of drug-likeness (QED) is 0.505. The summed E-state index contributed by atoms with van der Waals surface area (Å²) in [7, 11) is 0. The largest absolute Gasteiger partial charge is 0.368 e. The number of amides is 1. The van der Waals surface area contributed by atoms with Gasteiger partial charge in [-0.25, -0.2) is 9.20 Å². The summed E-state index contributed by atoms with van der Waals surface area (Å²) in [4.78, 5) is 30.7. The summed E-state index contributed by atoms with van der Waals surface area (Å²) in [6, 6.07) is 15.8. The summed E-state index contributed by atoms with van der Waals surface area (Å²) in [6.07, 6.45) is 1.48. The van der Waals surface area contributed by atoms with Gasteiger partial charge >= 0.3 is 0 Å². The van der Waals surface area contributed by atoms with Crippen molar-refractivity contribution in [2.24, 2.45) is 0 Å². The maximum absolute atomic E-state index is 12.8. The van der Waals surface area contributed by atoms with E-state index in [9.17, 15) is 9.59 Å². The van der Waals surface area contributed by atoms with Crippen molar-refractivity contribution >= 4 is 28.4 Å². The molecule has 1 aliphatic rings. The van der Waals surface area contributed by atoms with Crippen molar-refractivity contribution in [2.45, 2.75) is 6.54 Å². The highest BCUT2D eigenvalue weighted by atomic mass is 32.1. The molecule has 4 aromatic rings. The van der Waals surface area contributed by atoms with Gasteiger partial charge in [0.1, 0.15) is 24.1 Å². The fourth-order valence-corrected chi connectivity index (χ4v) is 4.36. The lowest BCUT2D eigenvalue weighted by Gasteiger charge is -2.36. The highest BCUT2D eigenvalue weighted by Gasteiger charge is 2.22. The summed E-state index contributed by atoms with van der Waals surface area (Å²) in [5.74, 6) is -0.0975. The van der Waals surface area contributed by atoms with E-state index in [1.54, 1.807) is 22.3 Å².